The van der Waals surface area contributed by atoms with E-state index in [1.807, 2.05) is 31.2 Å². The molecule has 0 bridgehead atoms. The van der Waals surface area contributed by atoms with Gasteiger partial charge in [-0.25, -0.2) is 12.8 Å². The van der Waals surface area contributed by atoms with E-state index in [-0.39, 0.29) is 15.5 Å². The predicted molar refractivity (Wildman–Crippen MR) is 110 cm³/mol. The van der Waals surface area contributed by atoms with E-state index in [1.54, 1.807) is 9.80 Å². The van der Waals surface area contributed by atoms with E-state index in [4.69, 9.17) is 0 Å². The largest absolute Gasteiger partial charge is 0.338 e. The molecule has 0 saturated carbocycles. The topological polar surface area (TPSA) is 57.7 Å². The normalized spacial score (nSPS) is 18.2. The lowest BCUT2D eigenvalue weighted by atomic mass is 10.1. The third kappa shape index (κ3) is 3.55. The van der Waals surface area contributed by atoms with Crippen LogP contribution in [0.15, 0.2) is 58.5 Å². The van der Waals surface area contributed by atoms with Gasteiger partial charge in [0.2, 0.25) is 9.84 Å². The van der Waals surface area contributed by atoms with Crippen LogP contribution in [-0.4, -0.2) is 32.3 Å². The Hall–Kier alpha value is -2.67. The molecule has 4 rings (SSSR count). The number of aryl methyl sites for hydroxylation is 1. The Morgan fingerprint density at radius 1 is 1.03 bits per heavy atom. The highest BCUT2D eigenvalue weighted by Gasteiger charge is 2.38. The van der Waals surface area contributed by atoms with Crippen LogP contribution in [0, 0.1) is 5.82 Å². The molecule has 2 heterocycles. The molecule has 0 atom stereocenters. The van der Waals surface area contributed by atoms with Gasteiger partial charge in [0, 0.05) is 25.0 Å². The second kappa shape index (κ2) is 7.63. The van der Waals surface area contributed by atoms with Crippen LogP contribution in [0.5, 0.6) is 0 Å². The minimum atomic E-state index is -4.04. The molecule has 2 aliphatic rings. The molecule has 5 nitrogen and oxygen atoms in total. The van der Waals surface area contributed by atoms with Gasteiger partial charge in [0.25, 0.3) is 5.91 Å². The fourth-order valence-electron chi connectivity index (χ4n) is 3.81. The van der Waals surface area contributed by atoms with Gasteiger partial charge in [0.1, 0.15) is 5.82 Å². The third-order valence-electron chi connectivity index (χ3n) is 5.48. The molecule has 29 heavy (non-hydrogen) atoms. The molecular weight excluding hydrogens is 391 g/mol. The monoisotopic (exact) mass is 414 g/mol. The van der Waals surface area contributed by atoms with Gasteiger partial charge < -0.3 is 9.80 Å². The average molecular weight is 415 g/mol. The molecule has 0 unspecified atom stereocenters. The molecule has 152 valence electrons. The molecule has 0 radical (unpaired) electrons. The van der Waals surface area contributed by atoms with Crippen LogP contribution in [-0.2, 0) is 21.1 Å². The fraction of sp³-hybridized carbons (Fsp3) is 0.318. The highest BCUT2D eigenvalue weighted by molar-refractivity contribution is 7.96. The number of halogens is 1. The molecule has 0 spiro atoms. The minimum absolute atomic E-state index is 0.0543. The lowest BCUT2D eigenvalue weighted by molar-refractivity contribution is -0.127. The zero-order valence-electron chi connectivity index (χ0n) is 16.3. The quantitative estimate of drug-likeness (QED) is 0.708. The van der Waals surface area contributed by atoms with Crippen LogP contribution in [0.25, 0.3) is 0 Å². The first-order chi connectivity index (χ1) is 13.9. The maximum atomic E-state index is 14.0. The second-order valence-electron chi connectivity index (χ2n) is 7.35. The summed E-state index contributed by atoms with van der Waals surface area (Å²) in [5, 5.41) is 0. The summed E-state index contributed by atoms with van der Waals surface area (Å²) in [4.78, 5) is 16.0. The zero-order chi connectivity index (χ0) is 20.6. The molecule has 2 aromatic carbocycles. The third-order valence-corrected chi connectivity index (χ3v) is 7.27. The number of anilines is 2. The number of sulfone groups is 1. The number of carbonyl (C=O) groups is 1. The van der Waals surface area contributed by atoms with Gasteiger partial charge in [-0.2, -0.15) is 0 Å². The van der Waals surface area contributed by atoms with E-state index in [0.717, 1.165) is 37.3 Å². The summed E-state index contributed by atoms with van der Waals surface area (Å²) >= 11 is 0. The smallest absolute Gasteiger partial charge is 0.267 e. The van der Waals surface area contributed by atoms with Crippen LogP contribution in [0.4, 0.5) is 15.8 Å². The number of benzene rings is 2. The highest BCUT2D eigenvalue weighted by Crippen LogP contribution is 2.40. The summed E-state index contributed by atoms with van der Waals surface area (Å²) in [6, 6.07) is 11.1. The summed E-state index contributed by atoms with van der Waals surface area (Å²) in [5.41, 5.74) is 2.02. The van der Waals surface area contributed by atoms with Crippen LogP contribution in [0.3, 0.4) is 0 Å². The SMILES string of the molecule is CCc1ccc(N2C=C(C(=O)N3CCCCC3)S(=O)(=O)c3ccc(F)cc32)cc1. The fourth-order valence-corrected chi connectivity index (χ4v) is 5.33. The van der Waals surface area contributed by atoms with Gasteiger partial charge in [0.15, 0.2) is 4.91 Å². The van der Waals surface area contributed by atoms with E-state index in [1.165, 1.54) is 18.3 Å². The van der Waals surface area contributed by atoms with E-state index in [0.29, 0.717) is 18.8 Å². The molecule has 1 saturated heterocycles. The highest BCUT2D eigenvalue weighted by atomic mass is 32.2. The zero-order valence-corrected chi connectivity index (χ0v) is 17.1. The van der Waals surface area contributed by atoms with Crippen molar-refractivity contribution in [2.24, 2.45) is 0 Å². The van der Waals surface area contributed by atoms with E-state index in [2.05, 4.69) is 0 Å². The molecule has 0 aromatic heterocycles. The molecule has 0 N–H and O–H groups in total. The lowest BCUT2D eigenvalue weighted by Gasteiger charge is -2.32. The van der Waals surface area contributed by atoms with E-state index >= 15 is 0 Å². The Labute approximate surface area is 170 Å². The Morgan fingerprint density at radius 2 is 1.72 bits per heavy atom. The first-order valence-electron chi connectivity index (χ1n) is 9.85. The summed E-state index contributed by atoms with van der Waals surface area (Å²) in [7, 11) is -4.04. The van der Waals surface area contributed by atoms with Crippen LogP contribution in [0.1, 0.15) is 31.7 Å². The number of fused-ring (bicyclic) bond motifs is 1. The van der Waals surface area contributed by atoms with Gasteiger partial charge in [0.05, 0.1) is 10.6 Å². The Bertz CT molecular complexity index is 1070. The van der Waals surface area contributed by atoms with Crippen molar-refractivity contribution in [3.8, 4) is 0 Å². The predicted octanol–water partition coefficient (Wildman–Crippen LogP) is 4.17. The standard InChI is InChI=1S/C22H23FN2O3S/c1-2-16-6-9-18(10-7-16)25-15-21(22(26)24-12-4-3-5-13-24)29(27,28)20-11-8-17(23)14-19(20)25/h6-11,14-15H,2-5,12-13H2,1H3. The second-order valence-corrected chi connectivity index (χ2v) is 9.24. The summed E-state index contributed by atoms with van der Waals surface area (Å²) in [6.45, 7) is 3.14. The number of hydrogen-bond acceptors (Lipinski definition) is 4. The molecule has 7 heteroatoms. The van der Waals surface area contributed by atoms with Gasteiger partial charge in [-0.05, 0) is 61.6 Å². The van der Waals surface area contributed by atoms with Crippen molar-refractivity contribution in [2.75, 3.05) is 18.0 Å². The van der Waals surface area contributed by atoms with Crippen LogP contribution < -0.4 is 4.90 Å². The van der Waals surface area contributed by atoms with Crippen molar-refractivity contribution in [2.45, 2.75) is 37.5 Å². The van der Waals surface area contributed by atoms with E-state index in [9.17, 15) is 17.6 Å². The maximum absolute atomic E-state index is 14.0. The molecular formula is C22H23FN2O3S. The van der Waals surface area contributed by atoms with Gasteiger partial charge in [-0.15, -0.1) is 0 Å². The van der Waals surface area contributed by atoms with Gasteiger partial charge in [-0.1, -0.05) is 19.1 Å². The van der Waals surface area contributed by atoms with Gasteiger partial charge >= 0.3 is 0 Å². The molecule has 2 aliphatic heterocycles. The van der Waals surface area contributed by atoms with Crippen LogP contribution >= 0.6 is 0 Å². The number of carbonyl (C=O) groups excluding carboxylic acids is 1. The van der Waals surface area contributed by atoms with Crippen molar-refractivity contribution in [3.63, 3.8) is 0 Å². The number of nitrogens with zero attached hydrogens (tertiary/aromatic N) is 2. The van der Waals surface area contributed by atoms with Crippen molar-refractivity contribution >= 4 is 27.1 Å². The van der Waals surface area contributed by atoms with Crippen molar-refractivity contribution in [3.05, 3.63) is 65.0 Å². The molecule has 1 amide bonds. The Morgan fingerprint density at radius 3 is 2.38 bits per heavy atom. The first-order valence-corrected chi connectivity index (χ1v) is 11.3. The number of hydrogen-bond donors (Lipinski definition) is 0. The van der Waals surface area contributed by atoms with Crippen molar-refractivity contribution < 1.29 is 17.6 Å². The lowest BCUT2D eigenvalue weighted by Crippen LogP contribution is -2.39. The van der Waals surface area contributed by atoms with Crippen molar-refractivity contribution in [1.29, 1.82) is 0 Å². The van der Waals surface area contributed by atoms with E-state index < -0.39 is 21.6 Å². The number of likely N-dealkylation sites (tertiary alicyclic amines) is 1. The first kappa shape index (κ1) is 19.6. The summed E-state index contributed by atoms with van der Waals surface area (Å²) in [6.07, 6.45) is 4.98. The average Bonchev–Trinajstić information content (AvgIpc) is 2.74. The minimum Gasteiger partial charge on any atom is -0.338 e. The summed E-state index contributed by atoms with van der Waals surface area (Å²) < 4.78 is 40.4. The summed E-state index contributed by atoms with van der Waals surface area (Å²) in [5.74, 6) is -1.02. The molecule has 2 aromatic rings. The number of rotatable bonds is 3. The van der Waals surface area contributed by atoms with Crippen molar-refractivity contribution in [1.82, 2.24) is 4.90 Å². The molecule has 0 aliphatic carbocycles. The Kier molecular flexibility index (Phi) is 5.17. The molecule has 1 fully saturated rings. The Balaban J connectivity index is 1.85. The number of piperidine rings is 1. The maximum Gasteiger partial charge on any atom is 0.267 e. The van der Waals surface area contributed by atoms with Gasteiger partial charge in [-0.3, -0.25) is 4.79 Å². The van der Waals surface area contributed by atoms with Crippen LogP contribution in [0.2, 0.25) is 0 Å². The number of amides is 1.